The minimum Gasteiger partial charge on any atom is -0.671 e. The third-order valence-corrected chi connectivity index (χ3v) is 14.9. The van der Waals surface area contributed by atoms with Crippen LogP contribution in [0.5, 0.6) is 0 Å². The molecule has 5 N–H and O–H groups in total. The van der Waals surface area contributed by atoms with Crippen molar-refractivity contribution >= 4 is 52.7 Å². The summed E-state index contributed by atoms with van der Waals surface area (Å²) in [7, 11) is 1.94. The molecule has 7 aromatic rings. The fourth-order valence-electron chi connectivity index (χ4n) is 11.1. The van der Waals surface area contributed by atoms with E-state index in [0.717, 1.165) is 85.8 Å². The molecule has 0 spiro atoms. The molecular weight excluding hydrogens is 1240 g/mol. The molecule has 3 radical (unpaired) electrons. The van der Waals surface area contributed by atoms with Gasteiger partial charge in [0.2, 0.25) is 17.7 Å². The third kappa shape index (κ3) is 15.8. The number of hydrogen-bond acceptors (Lipinski definition) is 7. The van der Waals surface area contributed by atoms with E-state index in [0.29, 0.717) is 18.4 Å². The maximum atomic E-state index is 12.4. The second kappa shape index (κ2) is 30.1. The van der Waals surface area contributed by atoms with Gasteiger partial charge < -0.3 is 46.7 Å². The Labute approximate surface area is 552 Å². The molecule has 0 aliphatic carbocycles. The Morgan fingerprint density at radius 1 is 0.531 bits per heavy atom. The molecule has 7 aromatic carbocycles. The van der Waals surface area contributed by atoms with Crippen LogP contribution in [0.2, 0.25) is 0 Å². The van der Waals surface area contributed by atoms with Gasteiger partial charge in [-0.2, -0.15) is 17.7 Å². The van der Waals surface area contributed by atoms with Crippen LogP contribution in [0, 0.1) is 6.92 Å². The first-order chi connectivity index (χ1) is 37.3. The van der Waals surface area contributed by atoms with Gasteiger partial charge in [-0.15, -0.1) is 24.2 Å². The standard InChI is InChI=1S/C26H25N2O2.C20H24N3O.C19H19N2O3.3Y/c1-17-4-11-23(12-5-17)27-25-14-18(2)28(19(3)30)26-13-10-22(15-24(25)26)21-8-6-20(16-29)7-9-21;1-13-10-19(21)18-11-17(8-9-20(18)23(13)14(2)24)16-6-4-15(5-7-16)12-22-3;1-11-9-17(20)16-10-15(7-8-18(16)21(11)12(2)22)13-3-5-14(6-4-13)19(23)24;;;/h4-13,15,18,25,27H,14H2,1-3H3;4-9,11,13,19,21-22H,10,12H2,1-3H3;3-8,10-11,17,20H,9H2,1-2H3,(H,23,24);;;/q3*-1;;;/t18-,25+;13-,19+;11-,17+;;;/m000.../s1. The van der Waals surface area contributed by atoms with Gasteiger partial charge in [-0.05, 0) is 158 Å². The normalized spacial score (nSPS) is 18.4. The summed E-state index contributed by atoms with van der Waals surface area (Å²) in [5, 5.41) is 15.8. The van der Waals surface area contributed by atoms with Gasteiger partial charge in [0.15, 0.2) is 0 Å². The van der Waals surface area contributed by atoms with Crippen molar-refractivity contribution in [1.29, 1.82) is 0 Å². The number of amides is 3. The molecule has 10 rings (SSSR count). The number of carboxylic acids is 1. The van der Waals surface area contributed by atoms with Crippen molar-refractivity contribution in [3.8, 4) is 33.4 Å². The van der Waals surface area contributed by atoms with Crippen LogP contribution in [0.4, 0.5) is 22.7 Å². The number of rotatable bonds is 9. The molecule has 16 heteroatoms. The van der Waals surface area contributed by atoms with E-state index in [1.807, 2.05) is 91.6 Å². The topological polar surface area (TPSA) is 187 Å². The van der Waals surface area contributed by atoms with Crippen LogP contribution in [-0.4, -0.2) is 60.3 Å². The summed E-state index contributed by atoms with van der Waals surface area (Å²) in [6, 6.07) is 48.6. The van der Waals surface area contributed by atoms with Crippen molar-refractivity contribution in [2.24, 2.45) is 0 Å². The summed E-state index contributed by atoms with van der Waals surface area (Å²) < 4.78 is 0. The van der Waals surface area contributed by atoms with Crippen molar-refractivity contribution in [2.75, 3.05) is 27.1 Å². The molecule has 0 saturated heterocycles. The molecule has 0 unspecified atom stereocenters. The third-order valence-electron chi connectivity index (χ3n) is 14.9. The first-order valence-corrected chi connectivity index (χ1v) is 26.5. The second-order valence-corrected chi connectivity index (χ2v) is 20.7. The number of carbonyl (C=O) groups is 4. The second-order valence-electron chi connectivity index (χ2n) is 20.7. The van der Waals surface area contributed by atoms with E-state index in [1.54, 1.807) is 62.1 Å². The number of nitrogens with one attached hydrogen (secondary N) is 4. The summed E-state index contributed by atoms with van der Waals surface area (Å²) in [5.41, 5.74) is 32.7. The van der Waals surface area contributed by atoms with Crippen LogP contribution >= 0.6 is 0 Å². The molecule has 13 nitrogen and oxygen atoms in total. The number of carbonyl (C=O) groups excluding carboxylic acids is 4. The Balaban J connectivity index is 0.000000221. The number of hydrogen-bond donors (Lipinski definition) is 3. The van der Waals surface area contributed by atoms with Crippen LogP contribution < -0.4 is 25.3 Å². The van der Waals surface area contributed by atoms with Gasteiger partial charge >= 0.3 is 5.97 Å². The van der Waals surface area contributed by atoms with E-state index >= 15 is 0 Å². The summed E-state index contributed by atoms with van der Waals surface area (Å²) >= 11 is 0. The predicted molar refractivity (Wildman–Crippen MR) is 314 cm³/mol. The molecule has 3 amide bonds. The van der Waals surface area contributed by atoms with Crippen LogP contribution in [-0.2, 0) is 124 Å². The Morgan fingerprint density at radius 2 is 0.901 bits per heavy atom. The van der Waals surface area contributed by atoms with E-state index in [1.165, 1.54) is 11.1 Å². The quantitative estimate of drug-likeness (QED) is 0.119. The minimum atomic E-state index is -0.954. The fraction of sp³-hybridized carbons (Fsp3) is 0.277. The number of aryl methyl sites for hydroxylation is 1. The van der Waals surface area contributed by atoms with E-state index < -0.39 is 5.97 Å². The molecule has 81 heavy (non-hydrogen) atoms. The molecular formula is C65H68N7O6Y3-3. The molecule has 0 aromatic heterocycles. The maximum Gasteiger partial charge on any atom is 0.335 e. The summed E-state index contributed by atoms with van der Waals surface area (Å²) in [4.78, 5) is 63.6. The predicted octanol–water partition coefficient (Wildman–Crippen LogP) is 14.0. The van der Waals surface area contributed by atoms with Crippen LogP contribution in [0.1, 0.15) is 123 Å². The fourth-order valence-corrected chi connectivity index (χ4v) is 11.1. The first kappa shape index (κ1) is 66.9. The number of anilines is 4. The van der Waals surface area contributed by atoms with Crippen molar-refractivity contribution in [2.45, 2.75) is 111 Å². The molecule has 3 heterocycles. The molecule has 3 aliphatic rings. The summed E-state index contributed by atoms with van der Waals surface area (Å²) in [6.45, 7) is 13.8. The van der Waals surface area contributed by atoms with E-state index in [4.69, 9.17) is 16.6 Å². The Bertz CT molecular complexity index is 3320. The number of benzene rings is 7. The van der Waals surface area contributed by atoms with Crippen LogP contribution in [0.3, 0.4) is 0 Å². The average Bonchev–Trinajstić information content (AvgIpc) is 3.58. The largest absolute Gasteiger partial charge is 0.671 e. The van der Waals surface area contributed by atoms with Crippen molar-refractivity contribution < 1.29 is 127 Å². The maximum absolute atomic E-state index is 12.4. The number of carboxylic acid groups (broad SMARTS) is 1. The Kier molecular flexibility index (Phi) is 24.8. The molecule has 3 aliphatic heterocycles. The summed E-state index contributed by atoms with van der Waals surface area (Å²) in [6.07, 6.45) is 4.02. The number of fused-ring (bicyclic) bond motifs is 3. The molecule has 0 bridgehead atoms. The first-order valence-electron chi connectivity index (χ1n) is 26.5. The van der Waals surface area contributed by atoms with E-state index in [9.17, 15) is 24.0 Å². The van der Waals surface area contributed by atoms with Gasteiger partial charge in [-0.25, -0.2) is 4.79 Å². The van der Waals surface area contributed by atoms with Crippen LogP contribution in [0.25, 0.3) is 44.8 Å². The van der Waals surface area contributed by atoms with Crippen molar-refractivity contribution in [3.63, 3.8) is 0 Å². The van der Waals surface area contributed by atoms with Crippen LogP contribution in [0.15, 0.2) is 152 Å². The SMILES string of the molecule is CC(=O)N1c2ccc(-c3ccc(C(=O)O)cc3)cc2[C@H]([NH-])C[C@@H]1C.CC(=O)N1c2ccc(-c3ccc([C-]=O)cc3)cc2[C@H](Nc2ccc(C)cc2)C[C@@H]1C.CNCc1ccc(-c2ccc3c(c2)[C@H]([NH-])C[C@H](C)N3C(C)=O)cc1.[Y].[Y].[Y]. The van der Waals surface area contributed by atoms with Crippen molar-refractivity contribution in [1.82, 2.24) is 5.32 Å². The number of aromatic carboxylic acids is 1. The van der Waals surface area contributed by atoms with Gasteiger partial charge in [0.1, 0.15) is 0 Å². The smallest absolute Gasteiger partial charge is 0.335 e. The monoisotopic (exact) mass is 1310 g/mol. The zero-order valence-corrected chi connectivity index (χ0v) is 55.8. The molecule has 0 fully saturated rings. The summed E-state index contributed by atoms with van der Waals surface area (Å²) in [5.74, 6) is -0.880. The average molecular weight is 1310 g/mol. The van der Waals surface area contributed by atoms with E-state index in [2.05, 4.69) is 85.1 Å². The van der Waals surface area contributed by atoms with Gasteiger partial charge in [0.05, 0.1) is 17.9 Å². The molecule has 6 atom stereocenters. The zero-order valence-electron chi connectivity index (χ0n) is 47.3. The van der Waals surface area contributed by atoms with Gasteiger partial charge in [-0.3, -0.25) is 14.4 Å². The Morgan fingerprint density at radius 3 is 1.30 bits per heavy atom. The van der Waals surface area contributed by atoms with Gasteiger partial charge in [0.25, 0.3) is 0 Å². The Hall–Kier alpha value is -4.92. The van der Waals surface area contributed by atoms with Crippen molar-refractivity contribution in [3.05, 3.63) is 202 Å². The van der Waals surface area contributed by atoms with Gasteiger partial charge in [0, 0.05) is 166 Å². The van der Waals surface area contributed by atoms with E-state index in [-0.39, 0.29) is 158 Å². The molecule has 0 saturated carbocycles. The zero-order chi connectivity index (χ0) is 55.9. The van der Waals surface area contributed by atoms with Gasteiger partial charge in [-0.1, -0.05) is 84.4 Å². The minimum absolute atomic E-state index is 0. The molecule has 411 valence electrons. The number of nitrogens with zero attached hydrogens (tertiary/aromatic N) is 3.